The molecule has 5 nitrogen and oxygen atoms in total. The van der Waals surface area contributed by atoms with Crippen LogP contribution >= 0.6 is 0 Å². The summed E-state index contributed by atoms with van der Waals surface area (Å²) < 4.78 is 4.96. The van der Waals surface area contributed by atoms with Crippen LogP contribution in [0.2, 0.25) is 0 Å². The van der Waals surface area contributed by atoms with E-state index in [0.717, 1.165) is 10.8 Å². The molecule has 0 spiro atoms. The summed E-state index contributed by atoms with van der Waals surface area (Å²) in [5.41, 5.74) is 1.06. The minimum Gasteiger partial charge on any atom is -0.406 e. The number of oxazole rings is 1. The molecule has 1 aromatic carbocycles. The third kappa shape index (κ3) is 0.861. The molecule has 14 heavy (non-hydrogen) atoms. The normalized spacial score (nSPS) is 11.1. The number of rotatable bonds is 0. The van der Waals surface area contributed by atoms with Gasteiger partial charge in [0.05, 0.1) is 6.20 Å². The molecule has 0 aliphatic carbocycles. The molecular formula is C9H5N3O2. The van der Waals surface area contributed by atoms with E-state index in [1.54, 1.807) is 18.5 Å². The lowest BCUT2D eigenvalue weighted by Crippen LogP contribution is -1.92. The summed E-state index contributed by atoms with van der Waals surface area (Å²) in [6, 6.07) is 3.61. The maximum absolute atomic E-state index is 10.9. The first-order valence-electron chi connectivity index (χ1n) is 4.07. The van der Waals surface area contributed by atoms with Crippen LogP contribution in [0.25, 0.3) is 21.9 Å². The standard InChI is InChI=1S/C9H5N3O2/c13-9-12-7-2-1-5-3-10-11-4-6(5)8(7)14-9/h1-4,10H. The van der Waals surface area contributed by atoms with Crippen LogP contribution in [-0.4, -0.2) is 15.2 Å². The molecule has 0 bridgehead atoms. The minimum atomic E-state index is -0.569. The van der Waals surface area contributed by atoms with Crippen LogP contribution in [-0.2, 0) is 0 Å². The van der Waals surface area contributed by atoms with Gasteiger partial charge in [-0.15, -0.1) is 0 Å². The van der Waals surface area contributed by atoms with E-state index in [-0.39, 0.29) is 0 Å². The molecule has 0 fully saturated rings. The predicted octanol–water partition coefficient (Wildman–Crippen LogP) is 1.06. The Labute approximate surface area is 77.4 Å². The van der Waals surface area contributed by atoms with Crippen molar-refractivity contribution < 1.29 is 4.42 Å². The van der Waals surface area contributed by atoms with Crippen molar-refractivity contribution in [1.29, 1.82) is 0 Å². The molecule has 0 atom stereocenters. The molecular weight excluding hydrogens is 182 g/mol. The Morgan fingerprint density at radius 3 is 3.21 bits per heavy atom. The molecule has 0 radical (unpaired) electrons. The number of nitrogens with one attached hydrogen (secondary N) is 1. The number of H-pyrrole nitrogens is 1. The average Bonchev–Trinajstić information content (AvgIpc) is 2.59. The SMILES string of the molecule is O=c1nc2ccc3c[nH]ncc3c2o1. The third-order valence-corrected chi connectivity index (χ3v) is 2.10. The van der Waals surface area contributed by atoms with Crippen molar-refractivity contribution in [1.82, 2.24) is 15.2 Å². The van der Waals surface area contributed by atoms with Crippen LogP contribution < -0.4 is 5.76 Å². The first-order chi connectivity index (χ1) is 6.84. The van der Waals surface area contributed by atoms with Crippen molar-refractivity contribution in [2.45, 2.75) is 0 Å². The van der Waals surface area contributed by atoms with Gasteiger partial charge >= 0.3 is 5.76 Å². The van der Waals surface area contributed by atoms with Crippen LogP contribution in [0.3, 0.4) is 0 Å². The monoisotopic (exact) mass is 187 g/mol. The van der Waals surface area contributed by atoms with Gasteiger partial charge in [-0.25, -0.2) is 4.79 Å². The molecule has 0 aliphatic heterocycles. The van der Waals surface area contributed by atoms with Crippen LogP contribution in [0.5, 0.6) is 0 Å². The summed E-state index contributed by atoms with van der Waals surface area (Å²) in [5.74, 6) is -0.569. The first kappa shape index (κ1) is 7.25. The van der Waals surface area contributed by atoms with E-state index in [2.05, 4.69) is 15.2 Å². The van der Waals surface area contributed by atoms with Gasteiger partial charge in [-0.2, -0.15) is 10.1 Å². The van der Waals surface area contributed by atoms with Crippen molar-refractivity contribution in [3.05, 3.63) is 35.1 Å². The lowest BCUT2D eigenvalue weighted by Gasteiger charge is -1.94. The van der Waals surface area contributed by atoms with Gasteiger partial charge in [0.2, 0.25) is 0 Å². The molecule has 3 aromatic rings. The minimum absolute atomic E-state index is 0.494. The zero-order chi connectivity index (χ0) is 9.54. The van der Waals surface area contributed by atoms with Gasteiger partial charge in [0.25, 0.3) is 0 Å². The van der Waals surface area contributed by atoms with Crippen molar-refractivity contribution >= 4 is 21.9 Å². The summed E-state index contributed by atoms with van der Waals surface area (Å²) in [6.45, 7) is 0. The number of aromatic amines is 1. The quantitative estimate of drug-likeness (QED) is 0.571. The highest BCUT2D eigenvalue weighted by Crippen LogP contribution is 2.20. The Hall–Kier alpha value is -2.17. The molecule has 5 heteroatoms. The molecule has 2 heterocycles. The van der Waals surface area contributed by atoms with Gasteiger partial charge in [-0.3, -0.25) is 5.10 Å². The van der Waals surface area contributed by atoms with Crippen molar-refractivity contribution in [2.24, 2.45) is 0 Å². The van der Waals surface area contributed by atoms with Gasteiger partial charge < -0.3 is 4.42 Å². The molecule has 68 valence electrons. The second-order valence-electron chi connectivity index (χ2n) is 2.93. The Kier molecular flexibility index (Phi) is 1.25. The number of fused-ring (bicyclic) bond motifs is 3. The zero-order valence-corrected chi connectivity index (χ0v) is 7.02. The van der Waals surface area contributed by atoms with E-state index >= 15 is 0 Å². The van der Waals surface area contributed by atoms with Crippen LogP contribution in [0.15, 0.2) is 33.7 Å². The average molecular weight is 187 g/mol. The van der Waals surface area contributed by atoms with Crippen molar-refractivity contribution in [2.75, 3.05) is 0 Å². The Balaban J connectivity index is 2.66. The maximum Gasteiger partial charge on any atom is 0.439 e. The van der Waals surface area contributed by atoms with Gasteiger partial charge in [-0.05, 0) is 6.07 Å². The molecule has 0 aliphatic rings. The molecule has 0 saturated heterocycles. The fourth-order valence-electron chi connectivity index (χ4n) is 1.47. The zero-order valence-electron chi connectivity index (χ0n) is 7.02. The highest BCUT2D eigenvalue weighted by atomic mass is 16.4. The maximum atomic E-state index is 10.9. The summed E-state index contributed by atoms with van der Waals surface area (Å²) in [5, 5.41) is 8.30. The summed E-state index contributed by atoms with van der Waals surface area (Å²) >= 11 is 0. The van der Waals surface area contributed by atoms with Crippen LogP contribution in [0.1, 0.15) is 0 Å². The molecule has 2 aromatic heterocycles. The first-order valence-corrected chi connectivity index (χ1v) is 4.07. The summed E-state index contributed by atoms with van der Waals surface area (Å²) in [4.78, 5) is 14.6. The van der Waals surface area contributed by atoms with E-state index in [1.165, 1.54) is 0 Å². The number of aromatic nitrogens is 3. The third-order valence-electron chi connectivity index (χ3n) is 2.10. The number of hydrogen-bond acceptors (Lipinski definition) is 4. The Morgan fingerprint density at radius 2 is 2.29 bits per heavy atom. The Morgan fingerprint density at radius 1 is 1.36 bits per heavy atom. The topological polar surface area (TPSA) is 71.8 Å². The largest absolute Gasteiger partial charge is 0.439 e. The van der Waals surface area contributed by atoms with Gasteiger partial charge in [-0.1, -0.05) is 6.07 Å². The highest BCUT2D eigenvalue weighted by molar-refractivity contribution is 6.01. The van der Waals surface area contributed by atoms with E-state index in [9.17, 15) is 4.79 Å². The summed E-state index contributed by atoms with van der Waals surface area (Å²) in [6.07, 6.45) is 3.35. The smallest absolute Gasteiger partial charge is 0.406 e. The lowest BCUT2D eigenvalue weighted by atomic mass is 10.2. The number of hydrogen-bond donors (Lipinski definition) is 1. The van der Waals surface area contributed by atoms with Crippen molar-refractivity contribution in [3.63, 3.8) is 0 Å². The second kappa shape index (κ2) is 2.41. The van der Waals surface area contributed by atoms with E-state index < -0.39 is 5.76 Å². The molecule has 1 N–H and O–H groups in total. The molecule has 0 saturated carbocycles. The van der Waals surface area contributed by atoms with E-state index in [0.29, 0.717) is 11.1 Å². The van der Waals surface area contributed by atoms with Crippen LogP contribution in [0.4, 0.5) is 0 Å². The summed E-state index contributed by atoms with van der Waals surface area (Å²) in [7, 11) is 0. The predicted molar refractivity (Wildman–Crippen MR) is 49.9 cm³/mol. The number of nitrogens with zero attached hydrogens (tertiary/aromatic N) is 2. The van der Waals surface area contributed by atoms with Gasteiger partial charge in [0, 0.05) is 17.0 Å². The molecule has 0 unspecified atom stereocenters. The number of benzene rings is 1. The molecule has 0 amide bonds. The van der Waals surface area contributed by atoms with E-state index in [1.807, 2.05) is 6.07 Å². The van der Waals surface area contributed by atoms with Crippen LogP contribution in [0, 0.1) is 0 Å². The van der Waals surface area contributed by atoms with Crippen molar-refractivity contribution in [3.8, 4) is 0 Å². The molecule has 3 rings (SSSR count). The highest BCUT2D eigenvalue weighted by Gasteiger charge is 2.06. The second-order valence-corrected chi connectivity index (χ2v) is 2.93. The van der Waals surface area contributed by atoms with E-state index in [4.69, 9.17) is 4.42 Å². The Bertz CT molecular complexity index is 668. The lowest BCUT2D eigenvalue weighted by molar-refractivity contribution is 0.558. The van der Waals surface area contributed by atoms with Gasteiger partial charge in [0.1, 0.15) is 5.52 Å². The fraction of sp³-hybridized carbons (Fsp3) is 0. The van der Waals surface area contributed by atoms with Gasteiger partial charge in [0.15, 0.2) is 5.58 Å². The fourth-order valence-corrected chi connectivity index (χ4v) is 1.47.